The minimum Gasteiger partial charge on any atom is -0.308 e. The Bertz CT molecular complexity index is 420. The molecule has 1 aliphatic carbocycles. The van der Waals surface area contributed by atoms with Gasteiger partial charge in [0.2, 0.25) is 0 Å². The summed E-state index contributed by atoms with van der Waals surface area (Å²) in [5, 5.41) is 3.86. The third-order valence-corrected chi connectivity index (χ3v) is 5.34. The highest BCUT2D eigenvalue weighted by Gasteiger charge is 2.39. The molecule has 1 aromatic carbocycles. The van der Waals surface area contributed by atoms with Crippen molar-refractivity contribution in [3.05, 3.63) is 35.9 Å². The summed E-state index contributed by atoms with van der Waals surface area (Å²) < 4.78 is 0. The van der Waals surface area contributed by atoms with E-state index in [9.17, 15) is 0 Å². The average Bonchev–Trinajstić information content (AvgIpc) is 3.32. The van der Waals surface area contributed by atoms with E-state index in [-0.39, 0.29) is 0 Å². The van der Waals surface area contributed by atoms with Crippen molar-refractivity contribution in [3.8, 4) is 0 Å². The molecule has 1 unspecified atom stereocenters. The molecule has 2 nitrogen and oxygen atoms in total. The molecule has 2 aliphatic rings. The van der Waals surface area contributed by atoms with E-state index in [1.807, 2.05) is 0 Å². The number of nitrogens with one attached hydrogen (secondary N) is 1. The summed E-state index contributed by atoms with van der Waals surface area (Å²) in [7, 11) is 0. The molecule has 0 radical (unpaired) electrons. The zero-order chi connectivity index (χ0) is 14.0. The summed E-state index contributed by atoms with van der Waals surface area (Å²) in [6.07, 6.45) is 5.34. The maximum absolute atomic E-state index is 3.86. The maximum Gasteiger partial charge on any atom is 0.0473 e. The second-order valence-electron chi connectivity index (χ2n) is 6.67. The minimum atomic E-state index is 0.334. The van der Waals surface area contributed by atoms with Crippen molar-refractivity contribution in [2.24, 2.45) is 5.92 Å². The van der Waals surface area contributed by atoms with Crippen LogP contribution in [0.4, 0.5) is 0 Å². The lowest BCUT2D eigenvalue weighted by Gasteiger charge is -2.48. The molecule has 1 aliphatic heterocycles. The predicted molar refractivity (Wildman–Crippen MR) is 84.8 cm³/mol. The van der Waals surface area contributed by atoms with Crippen molar-refractivity contribution in [1.82, 2.24) is 10.2 Å². The van der Waals surface area contributed by atoms with Gasteiger partial charge in [0, 0.05) is 31.2 Å². The molecule has 1 saturated carbocycles. The summed E-state index contributed by atoms with van der Waals surface area (Å²) in [4.78, 5) is 2.76. The normalized spacial score (nSPS) is 26.6. The molecule has 110 valence electrons. The van der Waals surface area contributed by atoms with Crippen LogP contribution >= 0.6 is 0 Å². The Hall–Kier alpha value is -0.860. The van der Waals surface area contributed by atoms with Crippen LogP contribution in [0.1, 0.15) is 51.1 Å². The van der Waals surface area contributed by atoms with E-state index in [1.54, 1.807) is 0 Å². The van der Waals surface area contributed by atoms with E-state index in [2.05, 4.69) is 54.4 Å². The van der Waals surface area contributed by atoms with Gasteiger partial charge in [0.25, 0.3) is 0 Å². The molecule has 0 spiro atoms. The number of rotatable bonds is 5. The van der Waals surface area contributed by atoms with E-state index in [0.717, 1.165) is 12.5 Å². The second kappa shape index (κ2) is 5.87. The molecule has 1 N–H and O–H groups in total. The van der Waals surface area contributed by atoms with Crippen LogP contribution in [0.15, 0.2) is 30.3 Å². The summed E-state index contributed by atoms with van der Waals surface area (Å²) >= 11 is 0. The van der Waals surface area contributed by atoms with E-state index in [4.69, 9.17) is 0 Å². The summed E-state index contributed by atoms with van der Waals surface area (Å²) in [5.41, 5.74) is 1.81. The number of hydrogen-bond acceptors (Lipinski definition) is 2. The smallest absolute Gasteiger partial charge is 0.0473 e. The first-order valence-electron chi connectivity index (χ1n) is 8.30. The van der Waals surface area contributed by atoms with Crippen LogP contribution < -0.4 is 5.32 Å². The van der Waals surface area contributed by atoms with Gasteiger partial charge in [0.05, 0.1) is 0 Å². The Morgan fingerprint density at radius 1 is 1.15 bits per heavy atom. The highest BCUT2D eigenvalue weighted by atomic mass is 15.3. The van der Waals surface area contributed by atoms with Crippen LogP contribution in [-0.4, -0.2) is 30.1 Å². The molecular formula is C18H28N2. The first-order valence-corrected chi connectivity index (χ1v) is 8.30. The average molecular weight is 272 g/mol. The van der Waals surface area contributed by atoms with Gasteiger partial charge >= 0.3 is 0 Å². The zero-order valence-electron chi connectivity index (χ0n) is 12.9. The first kappa shape index (κ1) is 14.1. The summed E-state index contributed by atoms with van der Waals surface area (Å²) in [6, 6.07) is 11.6. The van der Waals surface area contributed by atoms with Crippen molar-refractivity contribution < 1.29 is 0 Å². The maximum atomic E-state index is 3.86. The Kier molecular flexibility index (Phi) is 4.13. The SMILES string of the molecule is CCC1(CC)CN(CC2CC2)C(c2ccccc2)CN1. The van der Waals surface area contributed by atoms with Crippen LogP contribution in [0, 0.1) is 5.92 Å². The van der Waals surface area contributed by atoms with Crippen molar-refractivity contribution in [2.75, 3.05) is 19.6 Å². The molecule has 1 aromatic rings. The Morgan fingerprint density at radius 3 is 2.45 bits per heavy atom. The van der Waals surface area contributed by atoms with Crippen LogP contribution in [0.25, 0.3) is 0 Å². The quantitative estimate of drug-likeness (QED) is 0.881. The topological polar surface area (TPSA) is 15.3 Å². The van der Waals surface area contributed by atoms with Crippen molar-refractivity contribution in [2.45, 2.75) is 51.1 Å². The predicted octanol–water partition coefficient (Wildman–Crippen LogP) is 3.60. The monoisotopic (exact) mass is 272 g/mol. The van der Waals surface area contributed by atoms with Gasteiger partial charge in [-0.3, -0.25) is 4.90 Å². The van der Waals surface area contributed by atoms with Crippen molar-refractivity contribution in [1.29, 1.82) is 0 Å². The fourth-order valence-corrected chi connectivity index (χ4v) is 3.55. The standard InChI is InChI=1S/C18H28N2/c1-3-18(4-2)14-20(13-15-10-11-15)17(12-19-18)16-8-6-5-7-9-16/h5-9,15,17,19H,3-4,10-14H2,1-2H3. The lowest BCUT2D eigenvalue weighted by Crippen LogP contribution is -2.61. The molecule has 0 aromatic heterocycles. The highest BCUT2D eigenvalue weighted by Crippen LogP contribution is 2.36. The van der Waals surface area contributed by atoms with Crippen molar-refractivity contribution >= 4 is 0 Å². The van der Waals surface area contributed by atoms with Gasteiger partial charge in [0.15, 0.2) is 0 Å². The minimum absolute atomic E-state index is 0.334. The third kappa shape index (κ3) is 2.91. The van der Waals surface area contributed by atoms with E-state index < -0.39 is 0 Å². The van der Waals surface area contributed by atoms with Crippen molar-refractivity contribution in [3.63, 3.8) is 0 Å². The van der Waals surface area contributed by atoms with Gasteiger partial charge < -0.3 is 5.32 Å². The fourth-order valence-electron chi connectivity index (χ4n) is 3.55. The molecule has 0 amide bonds. The molecule has 1 saturated heterocycles. The fraction of sp³-hybridized carbons (Fsp3) is 0.667. The second-order valence-corrected chi connectivity index (χ2v) is 6.67. The largest absolute Gasteiger partial charge is 0.308 e. The number of benzene rings is 1. The zero-order valence-corrected chi connectivity index (χ0v) is 12.9. The third-order valence-electron chi connectivity index (χ3n) is 5.34. The highest BCUT2D eigenvalue weighted by molar-refractivity contribution is 5.21. The van der Waals surface area contributed by atoms with Gasteiger partial charge in [-0.05, 0) is 37.2 Å². The van der Waals surface area contributed by atoms with E-state index in [0.29, 0.717) is 11.6 Å². The van der Waals surface area contributed by atoms with Gasteiger partial charge in [-0.1, -0.05) is 44.2 Å². The van der Waals surface area contributed by atoms with E-state index in [1.165, 1.54) is 44.3 Å². The molecule has 2 fully saturated rings. The lowest BCUT2D eigenvalue weighted by molar-refractivity contribution is 0.0682. The lowest BCUT2D eigenvalue weighted by atomic mass is 9.87. The molecular weight excluding hydrogens is 244 g/mol. The Labute approximate surface area is 123 Å². The summed E-state index contributed by atoms with van der Waals surface area (Å²) in [5.74, 6) is 0.964. The number of nitrogens with zero attached hydrogens (tertiary/aromatic N) is 1. The Morgan fingerprint density at radius 2 is 1.85 bits per heavy atom. The van der Waals surface area contributed by atoms with Gasteiger partial charge in [-0.25, -0.2) is 0 Å². The van der Waals surface area contributed by atoms with Crippen LogP contribution in [0.3, 0.4) is 0 Å². The van der Waals surface area contributed by atoms with Crippen LogP contribution in [0.2, 0.25) is 0 Å². The molecule has 3 rings (SSSR count). The molecule has 0 bridgehead atoms. The van der Waals surface area contributed by atoms with Gasteiger partial charge in [0.1, 0.15) is 0 Å². The molecule has 1 atom stereocenters. The van der Waals surface area contributed by atoms with E-state index >= 15 is 0 Å². The summed E-state index contributed by atoms with van der Waals surface area (Å²) in [6.45, 7) is 8.25. The van der Waals surface area contributed by atoms with Gasteiger partial charge in [-0.2, -0.15) is 0 Å². The van der Waals surface area contributed by atoms with Crippen LogP contribution in [-0.2, 0) is 0 Å². The number of piperazine rings is 1. The van der Waals surface area contributed by atoms with Gasteiger partial charge in [-0.15, -0.1) is 0 Å². The van der Waals surface area contributed by atoms with Crippen LogP contribution in [0.5, 0.6) is 0 Å². The molecule has 20 heavy (non-hydrogen) atoms. The Balaban J connectivity index is 1.79. The molecule has 2 heteroatoms. The molecule has 1 heterocycles. The number of hydrogen-bond donors (Lipinski definition) is 1. The first-order chi connectivity index (χ1) is 9.76.